The molecule has 0 radical (unpaired) electrons. The number of imidazole rings is 1. The smallest absolute Gasteiger partial charge is 0.223 e. The molecule has 1 aliphatic rings. The molecule has 2 aromatic rings. The summed E-state index contributed by atoms with van der Waals surface area (Å²) in [7, 11) is 0. The molecule has 5 N–H and O–H groups in total. The SMILES string of the molecule is Nc1nc(Cl)c2ncn([C@@H]3O[C@H](CO)[C@H](O)[C@@H]3O)c2n1. The second-order valence-electron chi connectivity index (χ2n) is 4.43. The fraction of sp³-hybridized carbons (Fsp3) is 0.500. The van der Waals surface area contributed by atoms with Crippen LogP contribution in [0.15, 0.2) is 6.33 Å². The molecule has 10 heteroatoms. The number of fused-ring (bicyclic) bond motifs is 1. The van der Waals surface area contributed by atoms with E-state index in [0.717, 1.165) is 0 Å². The zero-order valence-corrected chi connectivity index (χ0v) is 10.8. The molecule has 0 aliphatic carbocycles. The summed E-state index contributed by atoms with van der Waals surface area (Å²) in [4.78, 5) is 11.8. The van der Waals surface area contributed by atoms with Gasteiger partial charge in [-0.1, -0.05) is 11.6 Å². The maximum absolute atomic E-state index is 9.99. The number of aromatic nitrogens is 4. The molecule has 1 fully saturated rings. The van der Waals surface area contributed by atoms with Crippen molar-refractivity contribution in [2.24, 2.45) is 0 Å². The van der Waals surface area contributed by atoms with Crippen molar-refractivity contribution in [3.63, 3.8) is 0 Å². The van der Waals surface area contributed by atoms with Crippen molar-refractivity contribution in [2.45, 2.75) is 24.5 Å². The predicted molar refractivity (Wildman–Crippen MR) is 67.8 cm³/mol. The maximum atomic E-state index is 9.99. The number of nitrogen functional groups attached to an aromatic ring is 1. The van der Waals surface area contributed by atoms with E-state index in [-0.39, 0.29) is 16.7 Å². The standard InChI is InChI=1S/C10H12ClN5O4/c11-7-4-8(15-10(12)14-7)16(2-13-4)9-6(19)5(18)3(1-17)20-9/h2-3,5-6,9,17-19H,1H2,(H2,12,14,15)/t3-,5+,6+,9-/m1/s1. The van der Waals surface area contributed by atoms with Crippen molar-refractivity contribution < 1.29 is 20.1 Å². The van der Waals surface area contributed by atoms with Crippen molar-refractivity contribution in [3.05, 3.63) is 11.5 Å². The summed E-state index contributed by atoms with van der Waals surface area (Å²) in [5.41, 5.74) is 6.11. The van der Waals surface area contributed by atoms with Gasteiger partial charge < -0.3 is 25.8 Å². The van der Waals surface area contributed by atoms with Crippen molar-refractivity contribution >= 4 is 28.7 Å². The topological polar surface area (TPSA) is 140 Å². The highest BCUT2D eigenvalue weighted by Crippen LogP contribution is 2.32. The third-order valence-electron chi connectivity index (χ3n) is 3.19. The molecule has 20 heavy (non-hydrogen) atoms. The lowest BCUT2D eigenvalue weighted by Gasteiger charge is -2.16. The minimum Gasteiger partial charge on any atom is -0.394 e. The van der Waals surface area contributed by atoms with E-state index in [1.54, 1.807) is 0 Å². The highest BCUT2D eigenvalue weighted by molar-refractivity contribution is 6.33. The van der Waals surface area contributed by atoms with Gasteiger partial charge in [0.1, 0.15) is 23.8 Å². The summed E-state index contributed by atoms with van der Waals surface area (Å²) in [6.07, 6.45) is -2.93. The van der Waals surface area contributed by atoms with Gasteiger partial charge in [0.25, 0.3) is 0 Å². The number of aliphatic hydroxyl groups is 3. The summed E-state index contributed by atoms with van der Waals surface area (Å²) in [5.74, 6) is -0.0454. The van der Waals surface area contributed by atoms with E-state index >= 15 is 0 Å². The molecule has 1 saturated heterocycles. The Bertz CT molecular complexity index is 650. The van der Waals surface area contributed by atoms with E-state index < -0.39 is 31.1 Å². The molecule has 9 nitrogen and oxygen atoms in total. The second kappa shape index (κ2) is 4.79. The Balaban J connectivity index is 2.07. The number of nitrogens with two attached hydrogens (primary N) is 1. The van der Waals surface area contributed by atoms with Crippen molar-refractivity contribution in [1.29, 1.82) is 0 Å². The summed E-state index contributed by atoms with van der Waals surface area (Å²) in [6, 6.07) is 0. The average molecular weight is 302 g/mol. The number of rotatable bonds is 2. The minimum atomic E-state index is -1.24. The number of halogens is 1. The van der Waals surface area contributed by atoms with Crippen LogP contribution in [0.25, 0.3) is 11.2 Å². The molecule has 2 aromatic heterocycles. The van der Waals surface area contributed by atoms with Gasteiger partial charge in [0.15, 0.2) is 17.0 Å². The summed E-state index contributed by atoms with van der Waals surface area (Å²) in [6.45, 7) is -0.417. The Hall–Kier alpha value is -1.52. The molecular formula is C10H12ClN5O4. The fourth-order valence-corrected chi connectivity index (χ4v) is 2.41. The van der Waals surface area contributed by atoms with Gasteiger partial charge in [-0.2, -0.15) is 9.97 Å². The zero-order valence-electron chi connectivity index (χ0n) is 10.1. The largest absolute Gasteiger partial charge is 0.394 e. The van der Waals surface area contributed by atoms with E-state index in [9.17, 15) is 10.2 Å². The second-order valence-corrected chi connectivity index (χ2v) is 4.78. The first kappa shape index (κ1) is 13.5. The normalized spacial score (nSPS) is 30.2. The molecule has 3 heterocycles. The molecule has 0 spiro atoms. The first-order valence-electron chi connectivity index (χ1n) is 5.81. The Kier molecular flexibility index (Phi) is 3.22. The lowest BCUT2D eigenvalue weighted by Crippen LogP contribution is -2.33. The molecule has 3 rings (SSSR count). The van der Waals surface area contributed by atoms with Crippen LogP contribution in [0.4, 0.5) is 5.95 Å². The number of anilines is 1. The third-order valence-corrected chi connectivity index (χ3v) is 3.45. The van der Waals surface area contributed by atoms with Gasteiger partial charge in [-0.3, -0.25) is 4.57 Å². The van der Waals surface area contributed by atoms with Gasteiger partial charge in [-0.25, -0.2) is 4.98 Å². The van der Waals surface area contributed by atoms with Gasteiger partial charge in [-0.15, -0.1) is 0 Å². The zero-order chi connectivity index (χ0) is 14.4. The maximum Gasteiger partial charge on any atom is 0.223 e. The van der Waals surface area contributed by atoms with Crippen molar-refractivity contribution in [2.75, 3.05) is 12.3 Å². The Morgan fingerprint density at radius 3 is 2.75 bits per heavy atom. The van der Waals surface area contributed by atoms with Gasteiger partial charge in [0.2, 0.25) is 5.95 Å². The highest BCUT2D eigenvalue weighted by atomic mass is 35.5. The van der Waals surface area contributed by atoms with Gasteiger partial charge in [0, 0.05) is 0 Å². The lowest BCUT2D eigenvalue weighted by molar-refractivity contribution is -0.0511. The third kappa shape index (κ3) is 1.91. The van der Waals surface area contributed by atoms with Gasteiger partial charge >= 0.3 is 0 Å². The van der Waals surface area contributed by atoms with Crippen LogP contribution in [0.1, 0.15) is 6.23 Å². The van der Waals surface area contributed by atoms with Crippen LogP contribution in [-0.4, -0.2) is 59.8 Å². The average Bonchev–Trinajstić information content (AvgIpc) is 2.93. The predicted octanol–water partition coefficient (Wildman–Crippen LogP) is -1.33. The Morgan fingerprint density at radius 1 is 1.35 bits per heavy atom. The lowest BCUT2D eigenvalue weighted by atomic mass is 10.1. The molecule has 1 aliphatic heterocycles. The van der Waals surface area contributed by atoms with Crippen LogP contribution in [0.5, 0.6) is 0 Å². The van der Waals surface area contributed by atoms with E-state index in [0.29, 0.717) is 5.52 Å². The van der Waals surface area contributed by atoms with Crippen LogP contribution in [0.2, 0.25) is 5.15 Å². The molecule has 0 bridgehead atoms. The first-order chi connectivity index (χ1) is 9.52. The number of nitrogens with zero attached hydrogens (tertiary/aromatic N) is 4. The van der Waals surface area contributed by atoms with E-state index in [1.807, 2.05) is 0 Å². The summed E-state index contributed by atoms with van der Waals surface area (Å²) < 4.78 is 6.79. The Morgan fingerprint density at radius 2 is 2.10 bits per heavy atom. The molecule has 4 atom stereocenters. The van der Waals surface area contributed by atoms with E-state index in [4.69, 9.17) is 27.2 Å². The number of hydrogen-bond donors (Lipinski definition) is 4. The number of hydrogen-bond acceptors (Lipinski definition) is 8. The molecule has 0 saturated carbocycles. The molecule has 0 unspecified atom stereocenters. The van der Waals surface area contributed by atoms with Crippen molar-refractivity contribution in [3.8, 4) is 0 Å². The fourth-order valence-electron chi connectivity index (χ4n) is 2.19. The van der Waals surface area contributed by atoms with E-state index in [2.05, 4.69) is 15.0 Å². The van der Waals surface area contributed by atoms with Gasteiger partial charge in [-0.05, 0) is 0 Å². The summed E-state index contributed by atoms with van der Waals surface area (Å²) >= 11 is 5.90. The monoisotopic (exact) mass is 301 g/mol. The van der Waals surface area contributed by atoms with Gasteiger partial charge in [0.05, 0.1) is 12.9 Å². The molecule has 0 aromatic carbocycles. The molecular weight excluding hydrogens is 290 g/mol. The van der Waals surface area contributed by atoms with Crippen LogP contribution < -0.4 is 5.73 Å². The van der Waals surface area contributed by atoms with Crippen LogP contribution in [-0.2, 0) is 4.74 Å². The minimum absolute atomic E-state index is 0.0454. The summed E-state index contributed by atoms with van der Waals surface area (Å²) in [5, 5.41) is 28.9. The van der Waals surface area contributed by atoms with E-state index in [1.165, 1.54) is 10.9 Å². The van der Waals surface area contributed by atoms with Crippen LogP contribution >= 0.6 is 11.6 Å². The Labute approximate surface area is 117 Å². The van der Waals surface area contributed by atoms with Crippen LogP contribution in [0, 0.1) is 0 Å². The molecule has 0 amide bonds. The van der Waals surface area contributed by atoms with Crippen LogP contribution in [0.3, 0.4) is 0 Å². The van der Waals surface area contributed by atoms with Crippen molar-refractivity contribution in [1.82, 2.24) is 19.5 Å². The quantitative estimate of drug-likeness (QED) is 0.500. The highest BCUT2D eigenvalue weighted by Gasteiger charge is 2.44. The number of ether oxygens (including phenoxy) is 1. The molecule has 108 valence electrons. The first-order valence-corrected chi connectivity index (χ1v) is 6.18. The number of aliphatic hydroxyl groups excluding tert-OH is 3.